The number of nitrogens with zero attached hydrogens (tertiary/aromatic N) is 1. The molecular weight excluding hydrogens is 268 g/mol. The number of aromatic hydroxyl groups is 1. The third kappa shape index (κ3) is 3.49. The summed E-state index contributed by atoms with van der Waals surface area (Å²) in [6, 6.07) is 3.98. The average Bonchev–Trinajstić information content (AvgIpc) is 2.54. The SMILES string of the molecule is C=CC[C@H](c1cc(OC)c(O)c(OC)c1)N1CCNCC1. The van der Waals surface area contributed by atoms with Gasteiger partial charge < -0.3 is 19.9 Å². The van der Waals surface area contributed by atoms with Crippen LogP contribution in [0.25, 0.3) is 0 Å². The van der Waals surface area contributed by atoms with E-state index in [-0.39, 0.29) is 11.8 Å². The molecule has 2 rings (SSSR count). The van der Waals surface area contributed by atoms with Crippen LogP contribution in [-0.4, -0.2) is 50.4 Å². The first-order valence-corrected chi connectivity index (χ1v) is 7.21. The standard InChI is InChI=1S/C16H24N2O3/c1-4-5-13(18-8-6-17-7-9-18)12-10-14(20-2)16(19)15(11-12)21-3/h4,10-11,13,17,19H,1,5-9H2,2-3H3/t13-/m1/s1. The minimum Gasteiger partial charge on any atom is -0.502 e. The Hall–Kier alpha value is -1.72. The molecule has 0 amide bonds. The molecule has 0 unspecified atom stereocenters. The summed E-state index contributed by atoms with van der Waals surface area (Å²) in [5, 5.41) is 13.4. The molecule has 0 spiro atoms. The first kappa shape index (κ1) is 15.7. The highest BCUT2D eigenvalue weighted by Gasteiger charge is 2.23. The van der Waals surface area contributed by atoms with Gasteiger partial charge in [0.1, 0.15) is 0 Å². The molecule has 0 aliphatic carbocycles. The highest BCUT2D eigenvalue weighted by Crippen LogP contribution is 2.40. The van der Waals surface area contributed by atoms with Gasteiger partial charge in [0.25, 0.3) is 0 Å². The summed E-state index contributed by atoms with van der Waals surface area (Å²) in [7, 11) is 3.09. The van der Waals surface area contributed by atoms with E-state index in [4.69, 9.17) is 9.47 Å². The number of phenolic OH excluding ortho intramolecular Hbond substituents is 1. The van der Waals surface area contributed by atoms with Gasteiger partial charge in [-0.2, -0.15) is 0 Å². The fourth-order valence-corrected chi connectivity index (χ4v) is 2.75. The van der Waals surface area contributed by atoms with Gasteiger partial charge in [-0.25, -0.2) is 0 Å². The van der Waals surface area contributed by atoms with Gasteiger partial charge in [0.2, 0.25) is 5.75 Å². The first-order chi connectivity index (χ1) is 10.2. The third-order valence-electron chi connectivity index (χ3n) is 3.87. The monoisotopic (exact) mass is 292 g/mol. The molecule has 1 fully saturated rings. The zero-order chi connectivity index (χ0) is 15.2. The second-order valence-electron chi connectivity index (χ2n) is 5.10. The highest BCUT2D eigenvalue weighted by molar-refractivity contribution is 5.53. The lowest BCUT2D eigenvalue weighted by molar-refractivity contribution is 0.174. The molecule has 1 aromatic rings. The molecule has 0 aromatic heterocycles. The van der Waals surface area contributed by atoms with Crippen LogP contribution in [0.2, 0.25) is 0 Å². The number of rotatable bonds is 6. The van der Waals surface area contributed by atoms with E-state index in [2.05, 4.69) is 16.8 Å². The number of phenols is 1. The van der Waals surface area contributed by atoms with E-state index in [1.807, 2.05) is 18.2 Å². The topological polar surface area (TPSA) is 54.0 Å². The fourth-order valence-electron chi connectivity index (χ4n) is 2.75. The summed E-state index contributed by atoms with van der Waals surface area (Å²) in [6.07, 6.45) is 2.77. The summed E-state index contributed by atoms with van der Waals surface area (Å²) in [5.41, 5.74) is 1.07. The van der Waals surface area contributed by atoms with Crippen LogP contribution in [0.3, 0.4) is 0 Å². The molecule has 5 nitrogen and oxygen atoms in total. The zero-order valence-electron chi connectivity index (χ0n) is 12.8. The molecule has 1 heterocycles. The van der Waals surface area contributed by atoms with Crippen LogP contribution in [0.1, 0.15) is 18.0 Å². The van der Waals surface area contributed by atoms with Crippen LogP contribution in [0.5, 0.6) is 17.2 Å². The second kappa shape index (κ2) is 7.33. The Morgan fingerprint density at radius 1 is 1.29 bits per heavy atom. The quantitative estimate of drug-likeness (QED) is 0.785. The first-order valence-electron chi connectivity index (χ1n) is 7.21. The summed E-state index contributed by atoms with van der Waals surface area (Å²) in [6.45, 7) is 7.82. The predicted molar refractivity (Wildman–Crippen MR) is 83.2 cm³/mol. The van der Waals surface area contributed by atoms with Crippen LogP contribution < -0.4 is 14.8 Å². The van der Waals surface area contributed by atoms with E-state index in [0.29, 0.717) is 11.5 Å². The Morgan fingerprint density at radius 2 is 1.86 bits per heavy atom. The Kier molecular flexibility index (Phi) is 5.47. The lowest BCUT2D eigenvalue weighted by atomic mass is 10.00. The van der Waals surface area contributed by atoms with Gasteiger partial charge in [0, 0.05) is 32.2 Å². The Morgan fingerprint density at radius 3 is 2.33 bits per heavy atom. The average molecular weight is 292 g/mol. The van der Waals surface area contributed by atoms with Crippen LogP contribution >= 0.6 is 0 Å². The lowest BCUT2D eigenvalue weighted by Crippen LogP contribution is -2.45. The third-order valence-corrected chi connectivity index (χ3v) is 3.87. The van der Waals surface area contributed by atoms with E-state index < -0.39 is 0 Å². The molecule has 5 heteroatoms. The van der Waals surface area contributed by atoms with E-state index in [1.54, 1.807) is 14.2 Å². The van der Waals surface area contributed by atoms with Crippen LogP contribution in [0.4, 0.5) is 0 Å². The molecule has 1 aromatic carbocycles. The number of piperazine rings is 1. The summed E-state index contributed by atoms with van der Waals surface area (Å²) in [4.78, 5) is 2.42. The molecule has 21 heavy (non-hydrogen) atoms. The summed E-state index contributed by atoms with van der Waals surface area (Å²) >= 11 is 0. The maximum Gasteiger partial charge on any atom is 0.200 e. The number of methoxy groups -OCH3 is 2. The minimum atomic E-state index is 0.0430. The molecule has 1 aliphatic rings. The Labute approximate surface area is 126 Å². The summed E-state index contributed by atoms with van der Waals surface area (Å²) in [5.74, 6) is 0.920. The Bertz CT molecular complexity index is 459. The van der Waals surface area contributed by atoms with Gasteiger partial charge in [0.15, 0.2) is 11.5 Å². The molecule has 0 saturated carbocycles. The highest BCUT2D eigenvalue weighted by atomic mass is 16.5. The van der Waals surface area contributed by atoms with Crippen molar-refractivity contribution < 1.29 is 14.6 Å². The van der Waals surface area contributed by atoms with Crippen molar-refractivity contribution in [2.45, 2.75) is 12.5 Å². The van der Waals surface area contributed by atoms with E-state index in [1.165, 1.54) is 0 Å². The molecule has 116 valence electrons. The van der Waals surface area contributed by atoms with E-state index >= 15 is 0 Å². The van der Waals surface area contributed by atoms with Gasteiger partial charge in [-0.15, -0.1) is 6.58 Å². The Balaban J connectivity index is 2.36. The molecule has 1 saturated heterocycles. The number of hydrogen-bond acceptors (Lipinski definition) is 5. The predicted octanol–water partition coefficient (Wildman–Crippen LogP) is 1.93. The normalized spacial score (nSPS) is 17.2. The van der Waals surface area contributed by atoms with E-state index in [0.717, 1.165) is 38.2 Å². The van der Waals surface area contributed by atoms with Crippen LogP contribution in [0.15, 0.2) is 24.8 Å². The zero-order valence-corrected chi connectivity index (χ0v) is 12.8. The van der Waals surface area contributed by atoms with Gasteiger partial charge in [-0.3, -0.25) is 4.90 Å². The largest absolute Gasteiger partial charge is 0.502 e. The lowest BCUT2D eigenvalue weighted by Gasteiger charge is -2.35. The van der Waals surface area contributed by atoms with Gasteiger partial charge >= 0.3 is 0 Å². The summed E-state index contributed by atoms with van der Waals surface area (Å²) < 4.78 is 10.5. The number of benzene rings is 1. The van der Waals surface area contributed by atoms with Crippen molar-refractivity contribution in [3.05, 3.63) is 30.4 Å². The maximum absolute atomic E-state index is 10.0. The number of ether oxygens (including phenoxy) is 2. The van der Waals surface area contributed by atoms with Crippen molar-refractivity contribution in [3.63, 3.8) is 0 Å². The minimum absolute atomic E-state index is 0.0430. The van der Waals surface area contributed by atoms with Crippen molar-refractivity contribution in [1.82, 2.24) is 10.2 Å². The fraction of sp³-hybridized carbons (Fsp3) is 0.500. The van der Waals surface area contributed by atoms with Crippen LogP contribution in [0, 0.1) is 0 Å². The molecule has 1 atom stereocenters. The molecular formula is C16H24N2O3. The van der Waals surface area contributed by atoms with Crippen molar-refractivity contribution in [1.29, 1.82) is 0 Å². The number of hydrogen-bond donors (Lipinski definition) is 2. The van der Waals surface area contributed by atoms with Gasteiger partial charge in [0.05, 0.1) is 14.2 Å². The molecule has 0 radical (unpaired) electrons. The van der Waals surface area contributed by atoms with Crippen molar-refractivity contribution >= 4 is 0 Å². The van der Waals surface area contributed by atoms with Crippen molar-refractivity contribution in [3.8, 4) is 17.2 Å². The molecule has 0 bridgehead atoms. The number of nitrogens with one attached hydrogen (secondary N) is 1. The van der Waals surface area contributed by atoms with Crippen molar-refractivity contribution in [2.75, 3.05) is 40.4 Å². The van der Waals surface area contributed by atoms with Gasteiger partial charge in [-0.05, 0) is 24.1 Å². The molecule has 1 aliphatic heterocycles. The van der Waals surface area contributed by atoms with Crippen LogP contribution in [-0.2, 0) is 0 Å². The molecule has 2 N–H and O–H groups in total. The van der Waals surface area contributed by atoms with E-state index in [9.17, 15) is 5.11 Å². The van der Waals surface area contributed by atoms with Crippen molar-refractivity contribution in [2.24, 2.45) is 0 Å². The van der Waals surface area contributed by atoms with Gasteiger partial charge in [-0.1, -0.05) is 6.08 Å². The smallest absolute Gasteiger partial charge is 0.200 e. The second-order valence-corrected chi connectivity index (χ2v) is 5.10. The maximum atomic E-state index is 10.0.